The zero-order chi connectivity index (χ0) is 18.0. The SMILES string of the molecule is FC(F)(F)C1(C(F)(F)F)NC(=S)C(C(F)(F)F)(C(F)(F)F)S1. The lowest BCUT2D eigenvalue weighted by molar-refractivity contribution is -0.268. The predicted molar refractivity (Wildman–Crippen MR) is 53.0 cm³/mol. The lowest BCUT2D eigenvalue weighted by atomic mass is 10.1. The summed E-state index contributed by atoms with van der Waals surface area (Å²) in [6.07, 6.45) is -26.1. The summed E-state index contributed by atoms with van der Waals surface area (Å²) in [7, 11) is 0. The second-order valence-electron chi connectivity index (χ2n) is 3.91. The molecule has 1 heterocycles. The molecule has 0 unspecified atom stereocenters. The largest absolute Gasteiger partial charge is 0.430 e. The molecule has 130 valence electrons. The van der Waals surface area contributed by atoms with Gasteiger partial charge in [0.1, 0.15) is 4.99 Å². The minimum absolute atomic E-state index is 0.156. The lowest BCUT2D eigenvalue weighted by Gasteiger charge is -2.35. The van der Waals surface area contributed by atoms with Crippen molar-refractivity contribution in [1.29, 1.82) is 0 Å². The highest BCUT2D eigenvalue weighted by Crippen LogP contribution is 2.65. The van der Waals surface area contributed by atoms with Gasteiger partial charge in [-0.3, -0.25) is 0 Å². The third-order valence-corrected chi connectivity index (χ3v) is 4.89. The fraction of sp³-hybridized carbons (Fsp3) is 0.857. The molecule has 15 heteroatoms. The minimum Gasteiger partial charge on any atom is -0.349 e. The molecule has 0 aromatic heterocycles. The molecular weight excluding hydrogens is 390 g/mol. The average molecular weight is 391 g/mol. The Kier molecular flexibility index (Phi) is 4.16. The summed E-state index contributed by atoms with van der Waals surface area (Å²) >= 11 is 1.15. The van der Waals surface area contributed by atoms with E-state index >= 15 is 0 Å². The van der Waals surface area contributed by atoms with Crippen LogP contribution < -0.4 is 5.32 Å². The molecule has 0 aromatic carbocycles. The van der Waals surface area contributed by atoms with Crippen LogP contribution in [0.2, 0.25) is 0 Å². The number of thiocarbonyl (C=S) groups is 1. The molecule has 0 bridgehead atoms. The Bertz CT molecular complexity index is 440. The molecule has 1 aliphatic heterocycles. The normalized spacial score (nSPS) is 22.6. The molecule has 0 aliphatic carbocycles. The van der Waals surface area contributed by atoms with Crippen molar-refractivity contribution in [1.82, 2.24) is 5.32 Å². The van der Waals surface area contributed by atoms with Crippen LogP contribution in [-0.4, -0.2) is 39.3 Å². The van der Waals surface area contributed by atoms with Gasteiger partial charge in [-0.2, -0.15) is 52.7 Å². The van der Waals surface area contributed by atoms with Crippen molar-refractivity contribution in [2.45, 2.75) is 34.3 Å². The van der Waals surface area contributed by atoms with Crippen molar-refractivity contribution in [2.24, 2.45) is 0 Å². The van der Waals surface area contributed by atoms with Crippen LogP contribution >= 0.6 is 24.0 Å². The van der Waals surface area contributed by atoms with E-state index in [2.05, 4.69) is 12.2 Å². The molecule has 22 heavy (non-hydrogen) atoms. The first kappa shape index (κ1) is 19.4. The van der Waals surface area contributed by atoms with E-state index in [0.717, 1.165) is 0 Å². The molecule has 1 N–H and O–H groups in total. The summed E-state index contributed by atoms with van der Waals surface area (Å²) in [6.45, 7) is 0. The third kappa shape index (κ3) is 2.39. The van der Waals surface area contributed by atoms with Gasteiger partial charge in [-0.1, -0.05) is 24.0 Å². The Hall–Kier alpha value is -0.600. The highest BCUT2D eigenvalue weighted by atomic mass is 32.2. The smallest absolute Gasteiger partial charge is 0.349 e. The van der Waals surface area contributed by atoms with Gasteiger partial charge in [0.25, 0.3) is 9.62 Å². The number of alkyl halides is 12. The Morgan fingerprint density at radius 3 is 1.14 bits per heavy atom. The van der Waals surface area contributed by atoms with Crippen LogP contribution in [0.25, 0.3) is 0 Å². The van der Waals surface area contributed by atoms with Gasteiger partial charge in [0.15, 0.2) is 0 Å². The van der Waals surface area contributed by atoms with Crippen molar-refractivity contribution < 1.29 is 52.7 Å². The van der Waals surface area contributed by atoms with E-state index in [1.165, 1.54) is 0 Å². The summed E-state index contributed by atoms with van der Waals surface area (Å²) in [5, 5.41) is 0.156. The number of hydrogen-bond donors (Lipinski definition) is 1. The predicted octanol–water partition coefficient (Wildman–Crippen LogP) is 4.33. The fourth-order valence-electron chi connectivity index (χ4n) is 1.50. The van der Waals surface area contributed by atoms with E-state index < -0.39 is 51.1 Å². The van der Waals surface area contributed by atoms with Gasteiger partial charge in [-0.05, 0) is 0 Å². The first-order valence-corrected chi connectivity index (χ1v) is 5.85. The third-order valence-electron chi connectivity index (χ3n) is 2.51. The molecule has 0 amide bonds. The number of hydrogen-bond acceptors (Lipinski definition) is 2. The van der Waals surface area contributed by atoms with E-state index in [1.54, 1.807) is 0 Å². The van der Waals surface area contributed by atoms with Crippen molar-refractivity contribution >= 4 is 29.0 Å². The molecular formula is C7HF12NS2. The van der Waals surface area contributed by atoms with Gasteiger partial charge < -0.3 is 5.32 Å². The summed E-state index contributed by atoms with van der Waals surface area (Å²) in [5.74, 6) is 0. The summed E-state index contributed by atoms with van der Waals surface area (Å²) in [6, 6.07) is 0. The second kappa shape index (κ2) is 4.70. The standard InChI is InChI=1S/C7HF12NS2/c8-4(9,10)2(5(11,12)13)1(21)20-3(22-2,6(14,15)16)7(17,18)19/h(H,20,21). The van der Waals surface area contributed by atoms with E-state index in [-0.39, 0.29) is 5.32 Å². The van der Waals surface area contributed by atoms with Crippen LogP contribution in [0.3, 0.4) is 0 Å². The average Bonchev–Trinajstić information content (AvgIpc) is 2.49. The minimum atomic E-state index is -6.54. The molecule has 0 aromatic rings. The molecule has 0 radical (unpaired) electrons. The number of thioether (sulfide) groups is 1. The maximum absolute atomic E-state index is 12.7. The highest BCUT2D eigenvalue weighted by molar-refractivity contribution is 8.05. The lowest BCUT2D eigenvalue weighted by Crippen LogP contribution is -2.61. The van der Waals surface area contributed by atoms with Crippen molar-refractivity contribution in [3.05, 3.63) is 0 Å². The molecule has 1 rings (SSSR count). The van der Waals surface area contributed by atoms with Crippen molar-refractivity contribution in [3.63, 3.8) is 0 Å². The van der Waals surface area contributed by atoms with Gasteiger partial charge in [0.05, 0.1) is 0 Å². The Balaban J connectivity index is 3.68. The van der Waals surface area contributed by atoms with E-state index in [1.807, 2.05) is 0 Å². The number of nitrogens with one attached hydrogen (secondary N) is 1. The van der Waals surface area contributed by atoms with Crippen LogP contribution in [0.15, 0.2) is 0 Å². The van der Waals surface area contributed by atoms with Crippen LogP contribution in [0, 0.1) is 0 Å². The molecule has 1 aliphatic rings. The van der Waals surface area contributed by atoms with Crippen LogP contribution in [0.4, 0.5) is 52.7 Å². The summed E-state index contributed by atoms with van der Waals surface area (Å²) < 4.78 is 146. The topological polar surface area (TPSA) is 12.0 Å². The van der Waals surface area contributed by atoms with Gasteiger partial charge in [-0.15, -0.1) is 0 Å². The van der Waals surface area contributed by atoms with Gasteiger partial charge in [0, 0.05) is 0 Å². The Labute approximate surface area is 122 Å². The fourth-order valence-corrected chi connectivity index (χ4v) is 3.29. The molecule has 1 nitrogen and oxygen atoms in total. The number of halogens is 12. The quantitative estimate of drug-likeness (QED) is 0.488. The molecule has 1 saturated heterocycles. The van der Waals surface area contributed by atoms with Gasteiger partial charge in [-0.25, -0.2) is 0 Å². The zero-order valence-corrected chi connectivity index (χ0v) is 11.0. The molecule has 1 fully saturated rings. The Morgan fingerprint density at radius 1 is 0.682 bits per heavy atom. The zero-order valence-electron chi connectivity index (χ0n) is 9.35. The van der Waals surface area contributed by atoms with Crippen LogP contribution in [-0.2, 0) is 0 Å². The monoisotopic (exact) mass is 391 g/mol. The van der Waals surface area contributed by atoms with Crippen LogP contribution in [0.1, 0.15) is 0 Å². The maximum Gasteiger partial charge on any atom is 0.430 e. The first-order valence-electron chi connectivity index (χ1n) is 4.63. The summed E-state index contributed by atoms with van der Waals surface area (Å²) in [5.41, 5.74) is 0. The molecule has 0 atom stereocenters. The second-order valence-corrected chi connectivity index (χ2v) is 5.75. The van der Waals surface area contributed by atoms with Crippen molar-refractivity contribution in [3.8, 4) is 0 Å². The van der Waals surface area contributed by atoms with Gasteiger partial charge >= 0.3 is 24.7 Å². The van der Waals surface area contributed by atoms with Crippen LogP contribution in [0.5, 0.6) is 0 Å². The van der Waals surface area contributed by atoms with E-state index in [0.29, 0.717) is 0 Å². The maximum atomic E-state index is 12.7. The summed E-state index contributed by atoms with van der Waals surface area (Å²) in [4.78, 5) is -8.19. The highest BCUT2D eigenvalue weighted by Gasteiger charge is 2.88. The van der Waals surface area contributed by atoms with Gasteiger partial charge in [0.2, 0.25) is 0 Å². The van der Waals surface area contributed by atoms with E-state index in [9.17, 15) is 52.7 Å². The molecule has 0 spiro atoms. The molecule has 0 saturated carbocycles. The Morgan fingerprint density at radius 2 is 1.00 bits per heavy atom. The number of rotatable bonds is 0. The van der Waals surface area contributed by atoms with Crippen molar-refractivity contribution in [2.75, 3.05) is 0 Å². The van der Waals surface area contributed by atoms with E-state index in [4.69, 9.17) is 0 Å². The first-order chi connectivity index (χ1) is 9.33.